The minimum Gasteiger partial charge on any atom is -0.380 e. The molecule has 1 aliphatic rings. The molecule has 0 bridgehead atoms. The Kier molecular flexibility index (Phi) is 5.55. The molecule has 2 amide bonds. The van der Waals surface area contributed by atoms with Crippen LogP contribution in [-0.4, -0.2) is 32.3 Å². The molecule has 1 aromatic heterocycles. The fourth-order valence-corrected chi connectivity index (χ4v) is 3.89. The highest BCUT2D eigenvalue weighted by molar-refractivity contribution is 6.34. The van der Waals surface area contributed by atoms with Crippen molar-refractivity contribution in [1.29, 1.82) is 0 Å². The molecule has 0 aliphatic heterocycles. The smallest absolute Gasteiger partial charge is 0.257 e. The number of amides is 2. The number of aromatic nitrogens is 2. The van der Waals surface area contributed by atoms with Crippen LogP contribution >= 0.6 is 11.6 Å². The van der Waals surface area contributed by atoms with Gasteiger partial charge in [-0.1, -0.05) is 23.7 Å². The molecule has 3 N–H and O–H groups in total. The lowest BCUT2D eigenvalue weighted by Gasteiger charge is -2.12. The molecule has 5 rings (SSSR count). The fourth-order valence-electron chi connectivity index (χ4n) is 3.69. The summed E-state index contributed by atoms with van der Waals surface area (Å²) in [7, 11) is 0. The number of hydrogen-bond donors (Lipinski definition) is 3. The van der Waals surface area contributed by atoms with E-state index in [1.807, 2.05) is 6.07 Å². The molecule has 1 fully saturated rings. The zero-order chi connectivity index (χ0) is 23.9. The standard InChI is InChI=1S/C25H20ClFN4O3/c26-20-9-4-15(13-28-24(33)25(34)10-11-25)12-18(20)23(32)30-21-2-1-3-22-19(21)14-29-31(22)17-7-5-16(27)6-8-17/h1-9,12,14,34H,10-11,13H2,(H,28,33)(H,30,32). The van der Waals surface area contributed by atoms with Crippen molar-refractivity contribution in [1.82, 2.24) is 15.1 Å². The van der Waals surface area contributed by atoms with E-state index >= 15 is 0 Å². The molecule has 0 spiro atoms. The molecule has 0 atom stereocenters. The number of anilines is 1. The van der Waals surface area contributed by atoms with Gasteiger partial charge >= 0.3 is 0 Å². The molecule has 172 valence electrons. The third kappa shape index (κ3) is 4.25. The van der Waals surface area contributed by atoms with E-state index in [0.717, 1.165) is 5.52 Å². The minimum absolute atomic E-state index is 0.165. The molecule has 1 saturated carbocycles. The Labute approximate surface area is 199 Å². The highest BCUT2D eigenvalue weighted by atomic mass is 35.5. The molecule has 3 aromatic carbocycles. The normalized spacial score (nSPS) is 14.1. The Morgan fingerprint density at radius 3 is 2.62 bits per heavy atom. The summed E-state index contributed by atoms with van der Waals surface area (Å²) >= 11 is 6.28. The van der Waals surface area contributed by atoms with E-state index in [4.69, 9.17) is 11.6 Å². The maximum atomic E-state index is 13.3. The first-order chi connectivity index (χ1) is 16.3. The minimum atomic E-state index is -1.26. The van der Waals surface area contributed by atoms with Crippen molar-refractivity contribution >= 4 is 40.0 Å². The maximum Gasteiger partial charge on any atom is 0.257 e. The summed E-state index contributed by atoms with van der Waals surface area (Å²) in [5.74, 6) is -1.17. The van der Waals surface area contributed by atoms with Crippen LogP contribution in [0.2, 0.25) is 5.02 Å². The van der Waals surface area contributed by atoms with E-state index < -0.39 is 17.4 Å². The van der Waals surface area contributed by atoms with Crippen molar-refractivity contribution in [2.45, 2.75) is 25.0 Å². The Morgan fingerprint density at radius 1 is 1.12 bits per heavy atom. The molecule has 0 saturated heterocycles. The summed E-state index contributed by atoms with van der Waals surface area (Å²) < 4.78 is 15.0. The third-order valence-electron chi connectivity index (χ3n) is 5.81. The lowest BCUT2D eigenvalue weighted by Crippen LogP contribution is -2.35. The number of carbonyl (C=O) groups excluding carboxylic acids is 2. The highest BCUT2D eigenvalue weighted by Crippen LogP contribution is 2.35. The van der Waals surface area contributed by atoms with Gasteiger partial charge in [0.05, 0.1) is 33.7 Å². The summed E-state index contributed by atoms with van der Waals surface area (Å²) in [5.41, 5.74) is 1.64. The summed E-state index contributed by atoms with van der Waals surface area (Å²) in [6.45, 7) is 0.165. The third-order valence-corrected chi connectivity index (χ3v) is 6.14. The van der Waals surface area contributed by atoms with Crippen LogP contribution in [0.1, 0.15) is 28.8 Å². The van der Waals surface area contributed by atoms with E-state index in [-0.39, 0.29) is 22.9 Å². The molecule has 34 heavy (non-hydrogen) atoms. The van der Waals surface area contributed by atoms with Gasteiger partial charge in [-0.15, -0.1) is 0 Å². The highest BCUT2D eigenvalue weighted by Gasteiger charge is 2.47. The average molecular weight is 479 g/mol. The largest absolute Gasteiger partial charge is 0.380 e. The van der Waals surface area contributed by atoms with Gasteiger partial charge in [0.15, 0.2) is 0 Å². The van der Waals surface area contributed by atoms with Crippen LogP contribution in [0.4, 0.5) is 10.1 Å². The maximum absolute atomic E-state index is 13.3. The zero-order valence-electron chi connectivity index (χ0n) is 17.9. The predicted molar refractivity (Wildman–Crippen MR) is 126 cm³/mol. The van der Waals surface area contributed by atoms with Crippen LogP contribution in [0.3, 0.4) is 0 Å². The number of aliphatic hydroxyl groups is 1. The van der Waals surface area contributed by atoms with Gasteiger partial charge in [0.2, 0.25) is 0 Å². The number of rotatable bonds is 6. The first kappa shape index (κ1) is 22.1. The Bertz CT molecular complexity index is 1410. The van der Waals surface area contributed by atoms with Crippen LogP contribution in [0.5, 0.6) is 0 Å². The van der Waals surface area contributed by atoms with Crippen LogP contribution < -0.4 is 10.6 Å². The quantitative estimate of drug-likeness (QED) is 0.387. The molecular formula is C25H20ClFN4O3. The zero-order valence-corrected chi connectivity index (χ0v) is 18.6. The lowest BCUT2D eigenvalue weighted by molar-refractivity contribution is -0.131. The second-order valence-electron chi connectivity index (χ2n) is 8.25. The van der Waals surface area contributed by atoms with Gasteiger partial charge in [-0.2, -0.15) is 5.10 Å². The van der Waals surface area contributed by atoms with Crippen molar-refractivity contribution in [3.05, 3.63) is 88.8 Å². The van der Waals surface area contributed by atoms with E-state index in [0.29, 0.717) is 35.2 Å². The first-order valence-electron chi connectivity index (χ1n) is 10.7. The summed E-state index contributed by atoms with van der Waals surface area (Å²) in [4.78, 5) is 25.0. The van der Waals surface area contributed by atoms with Crippen molar-refractivity contribution in [3.8, 4) is 5.69 Å². The lowest BCUT2D eigenvalue weighted by atomic mass is 10.1. The van der Waals surface area contributed by atoms with E-state index in [1.165, 1.54) is 12.1 Å². The number of fused-ring (bicyclic) bond motifs is 1. The average Bonchev–Trinajstić information content (AvgIpc) is 3.44. The Morgan fingerprint density at radius 2 is 1.88 bits per heavy atom. The monoisotopic (exact) mass is 478 g/mol. The first-order valence-corrected chi connectivity index (χ1v) is 11.0. The molecule has 9 heteroatoms. The van der Waals surface area contributed by atoms with Crippen LogP contribution in [-0.2, 0) is 11.3 Å². The Hall–Kier alpha value is -3.75. The number of nitrogens with zero attached hydrogens (tertiary/aromatic N) is 2. The molecule has 1 aliphatic carbocycles. The topological polar surface area (TPSA) is 96.3 Å². The van der Waals surface area contributed by atoms with Gasteiger partial charge in [-0.25, -0.2) is 9.07 Å². The number of halogens is 2. The van der Waals surface area contributed by atoms with E-state index in [1.54, 1.807) is 53.3 Å². The van der Waals surface area contributed by atoms with Gasteiger partial charge < -0.3 is 15.7 Å². The molecule has 7 nitrogen and oxygen atoms in total. The van der Waals surface area contributed by atoms with Crippen molar-refractivity contribution in [2.75, 3.05) is 5.32 Å². The number of carbonyl (C=O) groups is 2. The summed E-state index contributed by atoms with van der Waals surface area (Å²) in [5, 5.41) is 20.8. The van der Waals surface area contributed by atoms with Gasteiger partial charge in [-0.3, -0.25) is 9.59 Å². The Balaban J connectivity index is 1.37. The number of hydrogen-bond acceptors (Lipinski definition) is 4. The molecule has 0 unspecified atom stereocenters. The number of nitrogens with one attached hydrogen (secondary N) is 2. The fraction of sp³-hybridized carbons (Fsp3) is 0.160. The van der Waals surface area contributed by atoms with Crippen LogP contribution in [0.15, 0.2) is 66.9 Å². The second-order valence-corrected chi connectivity index (χ2v) is 8.66. The van der Waals surface area contributed by atoms with Crippen LogP contribution in [0.25, 0.3) is 16.6 Å². The van der Waals surface area contributed by atoms with Crippen molar-refractivity contribution in [3.63, 3.8) is 0 Å². The SMILES string of the molecule is O=C(Nc1cccc2c1cnn2-c1ccc(F)cc1)c1cc(CNC(=O)C2(O)CC2)ccc1Cl. The predicted octanol–water partition coefficient (Wildman–Crippen LogP) is 4.21. The summed E-state index contributed by atoms with van der Waals surface area (Å²) in [6.07, 6.45) is 2.54. The van der Waals surface area contributed by atoms with Crippen molar-refractivity contribution in [2.24, 2.45) is 0 Å². The number of benzene rings is 3. The van der Waals surface area contributed by atoms with Gasteiger partial charge in [0, 0.05) is 11.9 Å². The van der Waals surface area contributed by atoms with Gasteiger partial charge in [0.1, 0.15) is 11.4 Å². The molecular weight excluding hydrogens is 459 g/mol. The molecule has 1 heterocycles. The molecule has 0 radical (unpaired) electrons. The molecule has 4 aromatic rings. The van der Waals surface area contributed by atoms with Crippen molar-refractivity contribution < 1.29 is 19.1 Å². The second kappa shape index (κ2) is 8.55. The van der Waals surface area contributed by atoms with Gasteiger partial charge in [0.25, 0.3) is 11.8 Å². The van der Waals surface area contributed by atoms with E-state index in [9.17, 15) is 19.1 Å². The van der Waals surface area contributed by atoms with Gasteiger partial charge in [-0.05, 0) is 66.9 Å². The summed E-state index contributed by atoms with van der Waals surface area (Å²) in [6, 6.07) is 16.3. The van der Waals surface area contributed by atoms with Crippen LogP contribution in [0, 0.1) is 5.82 Å². The van der Waals surface area contributed by atoms with E-state index in [2.05, 4.69) is 15.7 Å².